The molecule has 1 heterocycles. The Morgan fingerprint density at radius 3 is 0.600 bits per heavy atom. The average molecular weight is 1420 g/mol. The molecule has 0 N–H and O–H groups in total. The molecule has 7 heteroatoms. The molecular formula is C88H76IO2S4+5. The van der Waals surface area contributed by atoms with E-state index in [1.54, 1.807) is 7.11 Å². The number of fused-ring (bicyclic) bond motifs is 2. The van der Waals surface area contributed by atoms with Gasteiger partial charge in [-0.25, -0.2) is 0 Å². The molecule has 1 aliphatic heterocycles. The van der Waals surface area contributed by atoms with Crippen LogP contribution in [-0.2, 0) is 43.6 Å². The van der Waals surface area contributed by atoms with Crippen molar-refractivity contribution < 1.29 is 30.7 Å². The first-order valence-corrected chi connectivity index (χ1v) is 38.6. The third kappa shape index (κ3) is 19.0. The Morgan fingerprint density at radius 1 is 0.211 bits per heavy atom. The van der Waals surface area contributed by atoms with E-state index in [0.29, 0.717) is 0 Å². The second kappa shape index (κ2) is 35.4. The summed E-state index contributed by atoms with van der Waals surface area (Å²) in [6.07, 6.45) is 0. The fourth-order valence-corrected chi connectivity index (χ4v) is 21.1. The molecule has 466 valence electrons. The Kier molecular flexibility index (Phi) is 25.0. The molecule has 0 amide bonds. The van der Waals surface area contributed by atoms with E-state index >= 15 is 0 Å². The Hall–Kier alpha value is -9.19. The number of ether oxygens (including phenoxy) is 2. The topological polar surface area (TPSA) is 18.5 Å². The van der Waals surface area contributed by atoms with Crippen molar-refractivity contribution in [2.75, 3.05) is 7.11 Å². The van der Waals surface area contributed by atoms with Crippen LogP contribution in [0.2, 0.25) is 0 Å². The molecule has 0 aliphatic carbocycles. The Morgan fingerprint density at radius 2 is 0.389 bits per heavy atom. The number of halogens is 1. The number of hydrogen-bond acceptors (Lipinski definition) is 2. The van der Waals surface area contributed by atoms with Gasteiger partial charge in [0.05, 0.1) is 50.7 Å². The molecule has 0 saturated carbocycles. The zero-order chi connectivity index (χ0) is 65.2. The van der Waals surface area contributed by atoms with Crippen molar-refractivity contribution >= 4 is 43.6 Å². The highest BCUT2D eigenvalue weighted by Crippen LogP contribution is 2.35. The maximum absolute atomic E-state index is 5.80. The van der Waals surface area contributed by atoms with Crippen LogP contribution in [0.3, 0.4) is 0 Å². The molecule has 0 saturated heterocycles. The van der Waals surface area contributed by atoms with Crippen LogP contribution in [0.25, 0.3) is 0 Å². The lowest BCUT2D eigenvalue weighted by atomic mass is 10.2. The van der Waals surface area contributed by atoms with Crippen LogP contribution < -0.4 is 30.7 Å². The number of aryl methyl sites for hydroxylation is 3. The van der Waals surface area contributed by atoms with Gasteiger partial charge in [-0.2, -0.15) is 0 Å². The van der Waals surface area contributed by atoms with Gasteiger partial charge in [-0.3, -0.25) is 0 Å². The molecular weight excluding hydrogens is 1340 g/mol. The fraction of sp³-hybridized carbons (Fsp3) is 0.0455. The highest BCUT2D eigenvalue weighted by molar-refractivity contribution is 7.98. The van der Waals surface area contributed by atoms with Crippen LogP contribution in [0, 0.1) is 27.9 Å². The lowest BCUT2D eigenvalue weighted by Crippen LogP contribution is -3.61. The van der Waals surface area contributed by atoms with Gasteiger partial charge in [0.25, 0.3) is 0 Å². The zero-order valence-electron chi connectivity index (χ0n) is 53.8. The highest BCUT2D eigenvalue weighted by atomic mass is 127. The summed E-state index contributed by atoms with van der Waals surface area (Å²) in [5.41, 5.74) is 3.91. The smallest absolute Gasteiger partial charge is 0.366 e. The molecule has 2 nitrogen and oxygen atoms in total. The Balaban J connectivity index is 0.000000122. The minimum absolute atomic E-state index is 0.0146. The summed E-state index contributed by atoms with van der Waals surface area (Å²) in [4.78, 5) is 16.2. The van der Waals surface area contributed by atoms with Gasteiger partial charge in [0.15, 0.2) is 70.2 Å². The molecule has 0 fully saturated rings. The molecule has 0 spiro atoms. The van der Waals surface area contributed by atoms with E-state index in [2.05, 4.69) is 373 Å². The van der Waals surface area contributed by atoms with Crippen molar-refractivity contribution in [3.8, 4) is 17.2 Å². The molecule has 0 radical (unpaired) electrons. The number of methoxy groups -OCH3 is 1. The molecule has 14 aromatic carbocycles. The van der Waals surface area contributed by atoms with Crippen molar-refractivity contribution in [1.82, 2.24) is 0 Å². The maximum atomic E-state index is 5.80. The van der Waals surface area contributed by atoms with E-state index in [1.807, 2.05) is 36.4 Å². The van der Waals surface area contributed by atoms with Gasteiger partial charge in [-0.1, -0.05) is 223 Å². The van der Waals surface area contributed by atoms with Crippen LogP contribution >= 0.6 is 0 Å². The van der Waals surface area contributed by atoms with Gasteiger partial charge in [0.1, 0.15) is 5.75 Å². The van der Waals surface area contributed by atoms with Gasteiger partial charge >= 0.3 is 21.2 Å². The van der Waals surface area contributed by atoms with E-state index in [1.165, 1.54) is 82.6 Å². The summed E-state index contributed by atoms with van der Waals surface area (Å²) in [6.45, 7) is 6.40. The third-order valence-electron chi connectivity index (χ3n) is 15.0. The summed E-state index contributed by atoms with van der Waals surface area (Å²) in [5, 5.41) is 0. The van der Waals surface area contributed by atoms with Crippen molar-refractivity contribution in [2.24, 2.45) is 0 Å². The van der Waals surface area contributed by atoms with Crippen LogP contribution in [-0.4, -0.2) is 7.11 Å². The largest absolute Gasteiger partial charge is 0.497 e. The summed E-state index contributed by atoms with van der Waals surface area (Å²) in [5.74, 6) is 2.97. The van der Waals surface area contributed by atoms with Crippen molar-refractivity contribution in [1.29, 1.82) is 0 Å². The Labute approximate surface area is 585 Å². The van der Waals surface area contributed by atoms with E-state index in [9.17, 15) is 0 Å². The number of benzene rings is 14. The van der Waals surface area contributed by atoms with Crippen molar-refractivity contribution in [2.45, 2.75) is 79.5 Å². The van der Waals surface area contributed by atoms with Crippen molar-refractivity contribution in [3.63, 3.8) is 0 Å². The van der Waals surface area contributed by atoms with Crippen LogP contribution in [0.15, 0.2) is 447 Å². The van der Waals surface area contributed by atoms with E-state index in [-0.39, 0.29) is 64.8 Å². The molecule has 1 aliphatic rings. The molecule has 15 rings (SSSR count). The summed E-state index contributed by atoms with van der Waals surface area (Å²) in [7, 11) is 1.55. The first-order valence-electron chi connectivity index (χ1n) is 31.6. The van der Waals surface area contributed by atoms with Gasteiger partial charge in [-0.15, -0.1) is 0 Å². The predicted octanol–water partition coefficient (Wildman–Crippen LogP) is 20.0. The lowest BCUT2D eigenvalue weighted by molar-refractivity contribution is -0.602. The summed E-state index contributed by atoms with van der Waals surface area (Å²) >= 11 is -0.0497. The second-order valence-electron chi connectivity index (χ2n) is 21.9. The fourth-order valence-electron chi connectivity index (χ4n) is 10.3. The molecule has 0 atom stereocenters. The van der Waals surface area contributed by atoms with Crippen LogP contribution in [0.1, 0.15) is 16.7 Å². The lowest BCUT2D eigenvalue weighted by Gasteiger charge is -2.09. The quantitative estimate of drug-likeness (QED) is 0.0846. The maximum Gasteiger partial charge on any atom is 0.366 e. The predicted molar refractivity (Wildman–Crippen MR) is 397 cm³/mol. The van der Waals surface area contributed by atoms with E-state index in [4.69, 9.17) is 9.47 Å². The number of para-hydroxylation sites is 2. The Bertz CT molecular complexity index is 4200. The van der Waals surface area contributed by atoms with Gasteiger partial charge in [0, 0.05) is 0 Å². The zero-order valence-corrected chi connectivity index (χ0v) is 59.2. The van der Waals surface area contributed by atoms with Gasteiger partial charge in [-0.05, 0) is 203 Å². The highest BCUT2D eigenvalue weighted by Gasteiger charge is 2.33. The standard InChI is InChI=1S/C20H19S.C19H17OS.C19H17S.C18H15S.C12H8IO/c1-16-8-12-19(13-9-16)21(18-6-4-3-5-7-18)20-14-10-17(2)11-15-20;1-20-16-12-14-19(15-13-16)21(17-8-4-2-5-9-17)18-10-6-3-7-11-18;1-16-12-14-19(15-13-16)20(17-8-4-2-5-9-17)18-10-6-3-7-11-18;1-4-10-16(11-5-1)19(17-12-6-2-7-13-17)18-14-8-3-9-15-18;1-3-7-11-9(5-1)13-10-6-2-4-8-12(10)14-11/h3-15H,1-2H3;2-15H,1H3;2-15H,1H3;1-15H;1-8H/q5*+1. The van der Waals surface area contributed by atoms with Gasteiger partial charge in [0.2, 0.25) is 7.14 Å². The number of hydrogen-bond donors (Lipinski definition) is 0. The minimum atomic E-state index is -0.0804. The summed E-state index contributed by atoms with van der Waals surface area (Å²) < 4.78 is 13.8. The van der Waals surface area contributed by atoms with Gasteiger partial charge < -0.3 is 9.47 Å². The monoisotopic (exact) mass is 1420 g/mol. The first kappa shape index (κ1) is 67.2. The molecule has 0 bridgehead atoms. The van der Waals surface area contributed by atoms with Crippen LogP contribution in [0.4, 0.5) is 0 Å². The SMILES string of the molecule is COc1ccc([S+](c2ccccc2)c2ccccc2)cc1.Cc1ccc([S+](c2ccccc2)c2ccc(C)cc2)cc1.Cc1ccc([S+](c2ccccc2)c2ccccc2)cc1.c1ccc([S+](c2ccccc2)c2ccccc2)cc1.c1ccc2c(c1)Oc1ccccc1[I+]2. The second-order valence-corrected chi connectivity index (χ2v) is 32.9. The third-order valence-corrected chi connectivity index (χ3v) is 26.9. The van der Waals surface area contributed by atoms with E-state index in [0.717, 1.165) is 17.2 Å². The average Bonchev–Trinajstić information content (AvgIpc) is 1.07. The minimum Gasteiger partial charge on any atom is -0.497 e. The summed E-state index contributed by atoms with van der Waals surface area (Å²) in [6, 6.07) is 137. The first-order chi connectivity index (χ1) is 46.8. The molecule has 0 unspecified atom stereocenters. The van der Waals surface area contributed by atoms with Crippen LogP contribution in [0.5, 0.6) is 17.2 Å². The van der Waals surface area contributed by atoms with Crippen molar-refractivity contribution in [3.05, 3.63) is 412 Å². The molecule has 95 heavy (non-hydrogen) atoms. The molecule has 14 aromatic rings. The number of rotatable bonds is 13. The normalized spacial score (nSPS) is 10.9. The van der Waals surface area contributed by atoms with E-state index < -0.39 is 0 Å². The molecule has 0 aromatic heterocycles.